The molecule has 2 aromatic carbocycles. The summed E-state index contributed by atoms with van der Waals surface area (Å²) in [5, 5.41) is 14.8. The molecule has 0 spiro atoms. The SMILES string of the molecule is O=[N+]([O-])c1cc(Br)ccc1Nc1cc(Cl)c(Cl)cc1Cl. The Morgan fingerprint density at radius 1 is 1.00 bits per heavy atom. The molecule has 104 valence electrons. The molecule has 0 fully saturated rings. The molecule has 0 saturated heterocycles. The van der Waals surface area contributed by atoms with Gasteiger partial charge in [-0.05, 0) is 24.3 Å². The van der Waals surface area contributed by atoms with Gasteiger partial charge in [0.05, 0.1) is 25.7 Å². The van der Waals surface area contributed by atoms with Gasteiger partial charge in [0.2, 0.25) is 0 Å². The van der Waals surface area contributed by atoms with Gasteiger partial charge in [-0.2, -0.15) is 0 Å². The number of benzene rings is 2. The summed E-state index contributed by atoms with van der Waals surface area (Å²) < 4.78 is 0.606. The summed E-state index contributed by atoms with van der Waals surface area (Å²) in [5.41, 5.74) is 0.659. The predicted molar refractivity (Wildman–Crippen MR) is 85.6 cm³/mol. The highest BCUT2D eigenvalue weighted by atomic mass is 79.9. The minimum Gasteiger partial charge on any atom is -0.349 e. The topological polar surface area (TPSA) is 55.2 Å². The Bertz CT molecular complexity index is 695. The normalized spacial score (nSPS) is 10.4. The van der Waals surface area contributed by atoms with Crippen molar-refractivity contribution in [2.45, 2.75) is 0 Å². The third-order valence-electron chi connectivity index (χ3n) is 2.44. The maximum atomic E-state index is 11.0. The standard InChI is InChI=1S/C12H6BrCl3N2O2/c13-6-1-2-10(12(3-6)18(19)20)17-11-5-8(15)7(14)4-9(11)16/h1-5,17H. The number of nitrogens with one attached hydrogen (secondary N) is 1. The van der Waals surface area contributed by atoms with Crippen LogP contribution < -0.4 is 5.32 Å². The van der Waals surface area contributed by atoms with Crippen molar-refractivity contribution in [3.8, 4) is 0 Å². The molecule has 0 radical (unpaired) electrons. The van der Waals surface area contributed by atoms with Gasteiger partial charge in [-0.25, -0.2) is 0 Å². The van der Waals surface area contributed by atoms with E-state index in [0.29, 0.717) is 30.9 Å². The second-order valence-corrected chi connectivity index (χ2v) is 5.93. The van der Waals surface area contributed by atoms with Gasteiger partial charge in [-0.3, -0.25) is 10.1 Å². The molecular formula is C12H6BrCl3N2O2. The molecule has 0 saturated carbocycles. The van der Waals surface area contributed by atoms with Crippen molar-refractivity contribution in [1.29, 1.82) is 0 Å². The van der Waals surface area contributed by atoms with Crippen LogP contribution in [0.15, 0.2) is 34.8 Å². The lowest BCUT2D eigenvalue weighted by atomic mass is 10.2. The average molecular weight is 396 g/mol. The zero-order valence-electron chi connectivity index (χ0n) is 9.66. The number of nitrogens with zero attached hydrogens (tertiary/aromatic N) is 1. The first-order valence-electron chi connectivity index (χ1n) is 5.24. The van der Waals surface area contributed by atoms with Gasteiger partial charge < -0.3 is 5.32 Å². The number of hydrogen-bond acceptors (Lipinski definition) is 3. The average Bonchev–Trinajstić information content (AvgIpc) is 2.37. The zero-order chi connectivity index (χ0) is 14.9. The zero-order valence-corrected chi connectivity index (χ0v) is 13.5. The van der Waals surface area contributed by atoms with Gasteiger partial charge in [0, 0.05) is 10.5 Å². The van der Waals surface area contributed by atoms with Crippen LogP contribution in [-0.2, 0) is 0 Å². The molecule has 0 amide bonds. The maximum absolute atomic E-state index is 11.0. The lowest BCUT2D eigenvalue weighted by Gasteiger charge is -2.10. The fraction of sp³-hybridized carbons (Fsp3) is 0. The first-order chi connectivity index (χ1) is 9.38. The fourth-order valence-corrected chi connectivity index (χ4v) is 2.47. The molecule has 0 atom stereocenters. The van der Waals surface area contributed by atoms with Crippen molar-refractivity contribution < 1.29 is 4.92 Å². The highest BCUT2D eigenvalue weighted by Crippen LogP contribution is 2.36. The van der Waals surface area contributed by atoms with Crippen LogP contribution in [0.4, 0.5) is 17.1 Å². The van der Waals surface area contributed by atoms with Crippen molar-refractivity contribution in [1.82, 2.24) is 0 Å². The Hall–Kier alpha value is -1.01. The molecule has 0 aliphatic heterocycles. The Kier molecular flexibility index (Phi) is 4.75. The summed E-state index contributed by atoms with van der Waals surface area (Å²) in [6, 6.07) is 7.63. The van der Waals surface area contributed by atoms with Crippen LogP contribution in [-0.4, -0.2) is 4.92 Å². The summed E-state index contributed by atoms with van der Waals surface area (Å²) >= 11 is 21.0. The van der Waals surface area contributed by atoms with Gasteiger partial charge in [0.25, 0.3) is 5.69 Å². The Morgan fingerprint density at radius 2 is 1.65 bits per heavy atom. The third kappa shape index (κ3) is 3.35. The monoisotopic (exact) mass is 394 g/mol. The van der Waals surface area contributed by atoms with E-state index in [4.69, 9.17) is 34.8 Å². The summed E-state index contributed by atoms with van der Waals surface area (Å²) in [6.07, 6.45) is 0. The quantitative estimate of drug-likeness (QED) is 0.390. The molecular weight excluding hydrogens is 390 g/mol. The Labute approximate surface area is 137 Å². The predicted octanol–water partition coefficient (Wildman–Crippen LogP) is 6.06. The van der Waals surface area contributed by atoms with Crippen molar-refractivity contribution in [3.63, 3.8) is 0 Å². The number of halogens is 4. The number of nitro benzene ring substituents is 1. The van der Waals surface area contributed by atoms with Crippen LogP contribution in [0.1, 0.15) is 0 Å². The van der Waals surface area contributed by atoms with Gasteiger partial charge in [-0.1, -0.05) is 50.7 Å². The highest BCUT2D eigenvalue weighted by molar-refractivity contribution is 9.10. The van der Waals surface area contributed by atoms with Crippen LogP contribution in [0.5, 0.6) is 0 Å². The van der Waals surface area contributed by atoms with Crippen LogP contribution in [0.2, 0.25) is 15.1 Å². The minimum absolute atomic E-state index is 0.0819. The molecule has 0 heterocycles. The number of nitro groups is 1. The highest BCUT2D eigenvalue weighted by Gasteiger charge is 2.16. The fourth-order valence-electron chi connectivity index (χ4n) is 1.52. The van der Waals surface area contributed by atoms with Crippen LogP contribution in [0.25, 0.3) is 0 Å². The van der Waals surface area contributed by atoms with Crippen molar-refractivity contribution >= 4 is 67.8 Å². The second-order valence-electron chi connectivity index (χ2n) is 3.79. The van der Waals surface area contributed by atoms with Crippen LogP contribution >= 0.6 is 50.7 Å². The van der Waals surface area contributed by atoms with E-state index >= 15 is 0 Å². The van der Waals surface area contributed by atoms with Gasteiger partial charge in [0.15, 0.2) is 0 Å². The largest absolute Gasteiger partial charge is 0.349 e. The maximum Gasteiger partial charge on any atom is 0.293 e. The van der Waals surface area contributed by atoms with E-state index in [0.717, 1.165) is 0 Å². The Balaban J connectivity index is 2.45. The first kappa shape index (κ1) is 15.4. The molecule has 8 heteroatoms. The van der Waals surface area contributed by atoms with Crippen molar-refractivity contribution in [3.05, 3.63) is 60.0 Å². The van der Waals surface area contributed by atoms with Gasteiger partial charge in [-0.15, -0.1) is 0 Å². The van der Waals surface area contributed by atoms with E-state index in [9.17, 15) is 10.1 Å². The first-order valence-corrected chi connectivity index (χ1v) is 7.16. The third-order valence-corrected chi connectivity index (χ3v) is 3.96. The molecule has 4 nitrogen and oxygen atoms in total. The van der Waals surface area contributed by atoms with Gasteiger partial charge >= 0.3 is 0 Å². The van der Waals surface area contributed by atoms with Crippen LogP contribution in [0, 0.1) is 10.1 Å². The molecule has 20 heavy (non-hydrogen) atoms. The smallest absolute Gasteiger partial charge is 0.293 e. The summed E-state index contributed by atoms with van der Waals surface area (Å²) in [7, 11) is 0. The van der Waals surface area contributed by atoms with E-state index in [1.807, 2.05) is 0 Å². The Morgan fingerprint density at radius 3 is 2.30 bits per heavy atom. The molecule has 1 N–H and O–H groups in total. The van der Waals surface area contributed by atoms with E-state index in [-0.39, 0.29) is 5.69 Å². The summed E-state index contributed by atoms with van der Waals surface area (Å²) in [6.45, 7) is 0. The number of hydrogen-bond donors (Lipinski definition) is 1. The lowest BCUT2D eigenvalue weighted by Crippen LogP contribution is -1.97. The summed E-state index contributed by atoms with van der Waals surface area (Å²) in [4.78, 5) is 10.5. The van der Waals surface area contributed by atoms with E-state index < -0.39 is 4.92 Å². The number of rotatable bonds is 3. The molecule has 0 aromatic heterocycles. The molecule has 0 aliphatic carbocycles. The van der Waals surface area contributed by atoms with Crippen molar-refractivity contribution in [2.75, 3.05) is 5.32 Å². The lowest BCUT2D eigenvalue weighted by molar-refractivity contribution is -0.384. The molecule has 0 aliphatic rings. The molecule has 0 unspecified atom stereocenters. The molecule has 2 rings (SSSR count). The van der Waals surface area contributed by atoms with Gasteiger partial charge in [0.1, 0.15) is 5.69 Å². The van der Waals surface area contributed by atoms with E-state index in [1.54, 1.807) is 12.1 Å². The minimum atomic E-state index is -0.488. The summed E-state index contributed by atoms with van der Waals surface area (Å²) in [5.74, 6) is 0. The molecule has 2 aromatic rings. The van der Waals surface area contributed by atoms with Crippen molar-refractivity contribution in [2.24, 2.45) is 0 Å². The van der Waals surface area contributed by atoms with Crippen LogP contribution in [0.3, 0.4) is 0 Å². The molecule has 0 bridgehead atoms. The number of anilines is 2. The van der Waals surface area contributed by atoms with E-state index in [1.165, 1.54) is 18.2 Å². The van der Waals surface area contributed by atoms with E-state index in [2.05, 4.69) is 21.2 Å². The second kappa shape index (κ2) is 6.18.